The molecule has 2 aromatic carbocycles. The van der Waals surface area contributed by atoms with Crippen LogP contribution in [0.4, 0.5) is 5.95 Å². The first kappa shape index (κ1) is 20.7. The lowest BCUT2D eigenvalue weighted by Gasteiger charge is -2.06. The molecule has 0 atom stereocenters. The number of benzene rings is 2. The van der Waals surface area contributed by atoms with Gasteiger partial charge in [-0.15, -0.1) is 10.2 Å². The van der Waals surface area contributed by atoms with Crippen LogP contribution < -0.4 is 15.7 Å². The highest BCUT2D eigenvalue weighted by atomic mass is 35.5. The molecule has 9 nitrogen and oxygen atoms in total. The summed E-state index contributed by atoms with van der Waals surface area (Å²) < 4.78 is 5.58. The van der Waals surface area contributed by atoms with E-state index in [9.17, 15) is 10.1 Å². The number of aromatic amines is 1. The summed E-state index contributed by atoms with van der Waals surface area (Å²) in [5, 5.41) is 21.2. The minimum Gasteiger partial charge on any atom is -0.438 e. The number of nitrogens with one attached hydrogen (secondary N) is 2. The summed E-state index contributed by atoms with van der Waals surface area (Å²) in [6, 6.07) is 21.1. The van der Waals surface area contributed by atoms with Crippen molar-refractivity contribution in [3.05, 3.63) is 93.4 Å². The predicted octanol–water partition coefficient (Wildman–Crippen LogP) is 3.99. The Kier molecular flexibility index (Phi) is 6.15. The predicted molar refractivity (Wildman–Crippen MR) is 120 cm³/mol. The third kappa shape index (κ3) is 4.95. The number of anilines is 1. The van der Waals surface area contributed by atoms with E-state index < -0.39 is 5.56 Å². The lowest BCUT2D eigenvalue weighted by atomic mass is 10.1. The van der Waals surface area contributed by atoms with Crippen molar-refractivity contribution in [1.29, 1.82) is 5.26 Å². The van der Waals surface area contributed by atoms with Gasteiger partial charge in [0.05, 0.1) is 11.9 Å². The largest absolute Gasteiger partial charge is 0.438 e. The van der Waals surface area contributed by atoms with Crippen molar-refractivity contribution in [3.8, 4) is 29.0 Å². The standard InChI is InChI=1S/C22H14ClN7O2/c23-18-10-11-19(29-28-18)32-16-8-6-14(7-9-16)13-25-30-22-26-20(15-4-2-1-3-5-15)17(12-24)21(31)27-22/h1-11,13H,(H2,26,27,30,31). The highest BCUT2D eigenvalue weighted by molar-refractivity contribution is 6.29. The first-order valence-corrected chi connectivity index (χ1v) is 9.66. The van der Waals surface area contributed by atoms with Crippen molar-refractivity contribution in [2.45, 2.75) is 0 Å². The summed E-state index contributed by atoms with van der Waals surface area (Å²) in [7, 11) is 0. The van der Waals surface area contributed by atoms with Gasteiger partial charge in [-0.1, -0.05) is 41.9 Å². The Morgan fingerprint density at radius 2 is 1.84 bits per heavy atom. The third-order valence-electron chi connectivity index (χ3n) is 4.17. The van der Waals surface area contributed by atoms with E-state index in [2.05, 4.69) is 30.7 Å². The van der Waals surface area contributed by atoms with Crippen LogP contribution in [0.15, 0.2) is 76.6 Å². The number of rotatable bonds is 6. The monoisotopic (exact) mass is 443 g/mol. The van der Waals surface area contributed by atoms with Crippen LogP contribution in [0.25, 0.3) is 11.3 Å². The molecule has 0 fully saturated rings. The van der Waals surface area contributed by atoms with Crippen molar-refractivity contribution in [1.82, 2.24) is 20.2 Å². The molecule has 2 heterocycles. The van der Waals surface area contributed by atoms with Crippen molar-refractivity contribution >= 4 is 23.8 Å². The number of hydrogen-bond acceptors (Lipinski definition) is 8. The van der Waals surface area contributed by atoms with Crippen molar-refractivity contribution in [2.24, 2.45) is 5.10 Å². The maximum Gasteiger partial charge on any atom is 0.270 e. The zero-order valence-electron chi connectivity index (χ0n) is 16.4. The Labute approximate surface area is 187 Å². The zero-order chi connectivity index (χ0) is 22.3. The Morgan fingerprint density at radius 3 is 2.53 bits per heavy atom. The molecule has 0 aliphatic carbocycles. The molecule has 0 aliphatic rings. The minimum atomic E-state index is -0.550. The lowest BCUT2D eigenvalue weighted by molar-refractivity contribution is 0.455. The number of hydrazone groups is 1. The van der Waals surface area contributed by atoms with Crippen molar-refractivity contribution in [3.63, 3.8) is 0 Å². The third-order valence-corrected chi connectivity index (χ3v) is 4.37. The quantitative estimate of drug-likeness (QED) is 0.340. The van der Waals surface area contributed by atoms with E-state index in [0.29, 0.717) is 17.2 Å². The number of H-pyrrole nitrogens is 1. The van der Waals surface area contributed by atoms with Gasteiger partial charge in [-0.3, -0.25) is 9.78 Å². The highest BCUT2D eigenvalue weighted by Gasteiger charge is 2.12. The Morgan fingerprint density at radius 1 is 1.06 bits per heavy atom. The number of nitriles is 1. The molecule has 4 aromatic rings. The van der Waals surface area contributed by atoms with Gasteiger partial charge in [-0.05, 0) is 35.9 Å². The highest BCUT2D eigenvalue weighted by Crippen LogP contribution is 2.20. The molecule has 0 saturated carbocycles. The van der Waals surface area contributed by atoms with Crippen LogP contribution in [0.1, 0.15) is 11.1 Å². The second-order valence-corrected chi connectivity index (χ2v) is 6.74. The molecule has 2 aromatic heterocycles. The van der Waals surface area contributed by atoms with Crippen LogP contribution in [0, 0.1) is 11.3 Å². The van der Waals surface area contributed by atoms with Crippen LogP contribution in [0.5, 0.6) is 11.6 Å². The molecule has 0 saturated heterocycles. The summed E-state index contributed by atoms with van der Waals surface area (Å²) in [4.78, 5) is 19.1. The summed E-state index contributed by atoms with van der Waals surface area (Å²) >= 11 is 5.70. The molecule has 0 aliphatic heterocycles. The van der Waals surface area contributed by atoms with E-state index in [1.54, 1.807) is 66.9 Å². The average molecular weight is 444 g/mol. The molecule has 10 heteroatoms. The van der Waals surface area contributed by atoms with Crippen LogP contribution in [-0.2, 0) is 0 Å². The SMILES string of the molecule is N#Cc1c(-c2ccccc2)nc(NN=Cc2ccc(Oc3ccc(Cl)nn3)cc2)[nH]c1=O. The first-order chi connectivity index (χ1) is 15.6. The number of aromatic nitrogens is 4. The normalized spacial score (nSPS) is 10.6. The lowest BCUT2D eigenvalue weighted by Crippen LogP contribution is -2.16. The topological polar surface area (TPSA) is 129 Å². The van der Waals surface area contributed by atoms with Gasteiger partial charge < -0.3 is 4.74 Å². The van der Waals surface area contributed by atoms with Gasteiger partial charge in [0.2, 0.25) is 11.8 Å². The smallest absolute Gasteiger partial charge is 0.270 e. The van der Waals surface area contributed by atoms with Gasteiger partial charge >= 0.3 is 0 Å². The Balaban J connectivity index is 1.47. The molecule has 32 heavy (non-hydrogen) atoms. The fourth-order valence-electron chi connectivity index (χ4n) is 2.70. The maximum absolute atomic E-state index is 12.3. The minimum absolute atomic E-state index is 0.0632. The van der Waals surface area contributed by atoms with E-state index in [-0.39, 0.29) is 22.4 Å². The van der Waals surface area contributed by atoms with E-state index in [1.165, 1.54) is 0 Å². The van der Waals surface area contributed by atoms with Crippen molar-refractivity contribution < 1.29 is 4.74 Å². The summed E-state index contributed by atoms with van der Waals surface area (Å²) in [6.07, 6.45) is 1.55. The van der Waals surface area contributed by atoms with Gasteiger partial charge in [0.15, 0.2) is 5.15 Å². The number of hydrogen-bond donors (Lipinski definition) is 2. The fraction of sp³-hybridized carbons (Fsp3) is 0. The number of ether oxygens (including phenoxy) is 1. The van der Waals surface area contributed by atoms with E-state index >= 15 is 0 Å². The molecule has 2 N–H and O–H groups in total. The second-order valence-electron chi connectivity index (χ2n) is 6.35. The van der Waals surface area contributed by atoms with E-state index in [0.717, 1.165) is 5.56 Å². The first-order valence-electron chi connectivity index (χ1n) is 9.28. The maximum atomic E-state index is 12.3. The van der Waals surface area contributed by atoms with Crippen LogP contribution in [-0.4, -0.2) is 26.4 Å². The van der Waals surface area contributed by atoms with Crippen LogP contribution in [0.3, 0.4) is 0 Å². The van der Waals surface area contributed by atoms with Gasteiger partial charge in [-0.2, -0.15) is 10.4 Å². The van der Waals surface area contributed by atoms with E-state index in [4.69, 9.17) is 16.3 Å². The molecule has 0 bridgehead atoms. The Hall–Kier alpha value is -4.55. The summed E-state index contributed by atoms with van der Waals surface area (Å²) in [5.41, 5.74) is 3.78. The molecular weight excluding hydrogens is 430 g/mol. The number of halogens is 1. The van der Waals surface area contributed by atoms with E-state index in [1.807, 2.05) is 12.1 Å². The van der Waals surface area contributed by atoms with Crippen molar-refractivity contribution in [2.75, 3.05) is 5.43 Å². The van der Waals surface area contributed by atoms with Crippen LogP contribution >= 0.6 is 11.6 Å². The molecule has 156 valence electrons. The summed E-state index contributed by atoms with van der Waals surface area (Å²) in [6.45, 7) is 0. The molecule has 0 radical (unpaired) electrons. The van der Waals surface area contributed by atoms with Crippen LogP contribution in [0.2, 0.25) is 5.15 Å². The summed E-state index contributed by atoms with van der Waals surface area (Å²) in [5.74, 6) is 1.00. The molecular formula is C22H14ClN7O2. The average Bonchev–Trinajstić information content (AvgIpc) is 2.82. The molecule has 4 rings (SSSR count). The van der Waals surface area contributed by atoms with Gasteiger partial charge in [0.1, 0.15) is 17.4 Å². The number of nitrogens with zero attached hydrogens (tertiary/aromatic N) is 5. The van der Waals surface area contributed by atoms with Gasteiger partial charge in [-0.25, -0.2) is 10.4 Å². The van der Waals surface area contributed by atoms with Gasteiger partial charge in [0.25, 0.3) is 5.56 Å². The molecule has 0 unspecified atom stereocenters. The van der Waals surface area contributed by atoms with Gasteiger partial charge in [0, 0.05) is 11.6 Å². The second kappa shape index (κ2) is 9.51. The fourth-order valence-corrected chi connectivity index (χ4v) is 2.80. The molecule has 0 spiro atoms. The molecule has 0 amide bonds. The zero-order valence-corrected chi connectivity index (χ0v) is 17.1. The Bertz CT molecular complexity index is 1350.